The van der Waals surface area contributed by atoms with Gasteiger partial charge in [-0.1, -0.05) is 0 Å². The third-order valence-corrected chi connectivity index (χ3v) is 5.63. The third kappa shape index (κ3) is 6.91. The van der Waals surface area contributed by atoms with Gasteiger partial charge in [-0.3, -0.25) is 4.79 Å². The van der Waals surface area contributed by atoms with Crippen LogP contribution in [-0.2, 0) is 29.6 Å². The summed E-state index contributed by atoms with van der Waals surface area (Å²) >= 11 is 1.14. The number of nitrogens with one attached hydrogen (secondary N) is 2. The molecule has 12 heteroatoms. The van der Waals surface area contributed by atoms with E-state index in [2.05, 4.69) is 10.6 Å². The van der Waals surface area contributed by atoms with Crippen LogP contribution in [0.2, 0.25) is 0 Å². The molecule has 4 N–H and O–H groups in total. The summed E-state index contributed by atoms with van der Waals surface area (Å²) in [5.41, 5.74) is -0.533. The van der Waals surface area contributed by atoms with E-state index in [0.717, 1.165) is 17.8 Å². The fraction of sp³-hybridized carbons (Fsp3) is 0.524. The summed E-state index contributed by atoms with van der Waals surface area (Å²) in [5.74, 6) is -2.91. The van der Waals surface area contributed by atoms with Crippen molar-refractivity contribution in [3.63, 3.8) is 0 Å². The van der Waals surface area contributed by atoms with Crippen molar-refractivity contribution in [1.82, 2.24) is 10.6 Å². The number of ether oxygens (including phenoxy) is 3. The van der Waals surface area contributed by atoms with Crippen LogP contribution in [0.5, 0.6) is 11.5 Å². The standard InChI is InChI=1S/C21H28N2O9S/c1-10-14(24)6-15(25)11-8-33-9-13(18(27)30-5)22-17(26)12(7-31-19(28)16(10)11)23-20(29)32-21(2,3)4/h6,12-13,24-25H,7-9H2,1-5H3,(H,22,26)(H,23,29)/t12-,13-/m0/s1. The Morgan fingerprint density at radius 3 is 2.52 bits per heavy atom. The van der Waals surface area contributed by atoms with Gasteiger partial charge in [0.25, 0.3) is 0 Å². The number of thioether (sulfide) groups is 1. The Balaban J connectivity index is 2.42. The number of methoxy groups -OCH3 is 1. The molecule has 1 heterocycles. The molecule has 0 bridgehead atoms. The molecule has 0 unspecified atom stereocenters. The zero-order valence-electron chi connectivity index (χ0n) is 19.0. The molecule has 0 radical (unpaired) electrons. The maximum atomic E-state index is 12.8. The highest BCUT2D eigenvalue weighted by molar-refractivity contribution is 7.98. The van der Waals surface area contributed by atoms with E-state index in [0.29, 0.717) is 0 Å². The fourth-order valence-corrected chi connectivity index (χ4v) is 4.03. The van der Waals surface area contributed by atoms with Gasteiger partial charge in [0.05, 0.1) is 12.7 Å². The first kappa shape index (κ1) is 26.1. The highest BCUT2D eigenvalue weighted by atomic mass is 32.2. The first-order valence-electron chi connectivity index (χ1n) is 10.0. The van der Waals surface area contributed by atoms with Gasteiger partial charge >= 0.3 is 18.0 Å². The molecule has 2 rings (SSSR count). The van der Waals surface area contributed by atoms with Crippen LogP contribution in [0.15, 0.2) is 6.07 Å². The zero-order chi connectivity index (χ0) is 24.9. The minimum absolute atomic E-state index is 0.0470. The molecule has 0 fully saturated rings. The third-order valence-electron chi connectivity index (χ3n) is 4.57. The molecule has 33 heavy (non-hydrogen) atoms. The summed E-state index contributed by atoms with van der Waals surface area (Å²) in [6.07, 6.45) is -0.929. The maximum absolute atomic E-state index is 12.8. The predicted octanol–water partition coefficient (Wildman–Crippen LogP) is 1.36. The van der Waals surface area contributed by atoms with Gasteiger partial charge in [-0.2, -0.15) is 11.8 Å². The van der Waals surface area contributed by atoms with Crippen LogP contribution in [-0.4, -0.2) is 71.3 Å². The van der Waals surface area contributed by atoms with Crippen molar-refractivity contribution in [3.8, 4) is 11.5 Å². The van der Waals surface area contributed by atoms with E-state index >= 15 is 0 Å². The lowest BCUT2D eigenvalue weighted by Crippen LogP contribution is -2.55. The monoisotopic (exact) mass is 484 g/mol. The van der Waals surface area contributed by atoms with E-state index in [1.54, 1.807) is 20.8 Å². The zero-order valence-corrected chi connectivity index (χ0v) is 19.8. The van der Waals surface area contributed by atoms with E-state index in [1.807, 2.05) is 0 Å². The van der Waals surface area contributed by atoms with Crippen molar-refractivity contribution >= 4 is 35.7 Å². The molecular formula is C21H28N2O9S. The number of phenols is 2. The number of cyclic esters (lactones) is 1. The molecule has 0 saturated carbocycles. The van der Waals surface area contributed by atoms with Crippen LogP contribution in [0, 0.1) is 6.92 Å². The number of hydrogen-bond donors (Lipinski definition) is 4. The Hall–Kier alpha value is -3.15. The summed E-state index contributed by atoms with van der Waals surface area (Å²) in [4.78, 5) is 50.1. The number of rotatable bonds is 2. The molecule has 2 atom stereocenters. The number of hydrogen-bond acceptors (Lipinski definition) is 10. The first-order chi connectivity index (χ1) is 15.3. The summed E-state index contributed by atoms with van der Waals surface area (Å²) in [6, 6.07) is -1.36. The second-order valence-corrected chi connectivity index (χ2v) is 9.32. The molecule has 0 aromatic heterocycles. The van der Waals surface area contributed by atoms with Gasteiger partial charge in [-0.05, 0) is 27.7 Å². The number of aromatic hydroxyl groups is 2. The van der Waals surface area contributed by atoms with Crippen LogP contribution in [0.4, 0.5) is 4.79 Å². The van der Waals surface area contributed by atoms with Crippen LogP contribution in [0.1, 0.15) is 42.3 Å². The summed E-state index contributed by atoms with van der Waals surface area (Å²) in [7, 11) is 1.17. The molecule has 1 aliphatic rings. The molecule has 0 saturated heterocycles. The maximum Gasteiger partial charge on any atom is 0.408 e. The highest BCUT2D eigenvalue weighted by Gasteiger charge is 2.32. The number of amides is 2. The molecule has 0 spiro atoms. The minimum atomic E-state index is -1.39. The first-order valence-corrected chi connectivity index (χ1v) is 11.2. The Labute approximate surface area is 195 Å². The second-order valence-electron chi connectivity index (χ2n) is 8.29. The van der Waals surface area contributed by atoms with Crippen molar-refractivity contribution in [2.75, 3.05) is 19.5 Å². The van der Waals surface area contributed by atoms with Gasteiger partial charge < -0.3 is 35.1 Å². The van der Waals surface area contributed by atoms with Gasteiger partial charge in [0.1, 0.15) is 35.8 Å². The van der Waals surface area contributed by atoms with Crippen LogP contribution >= 0.6 is 11.8 Å². The van der Waals surface area contributed by atoms with E-state index in [-0.39, 0.29) is 39.7 Å². The Morgan fingerprint density at radius 2 is 1.91 bits per heavy atom. The second kappa shape index (κ2) is 10.6. The Morgan fingerprint density at radius 1 is 1.24 bits per heavy atom. The Kier molecular flexibility index (Phi) is 8.42. The molecule has 2 amide bonds. The fourth-order valence-electron chi connectivity index (χ4n) is 2.96. The summed E-state index contributed by atoms with van der Waals surface area (Å²) in [6.45, 7) is 5.79. The lowest BCUT2D eigenvalue weighted by Gasteiger charge is -2.25. The van der Waals surface area contributed by atoms with Gasteiger partial charge in [-0.15, -0.1) is 0 Å². The van der Waals surface area contributed by atoms with E-state index in [9.17, 15) is 29.4 Å². The van der Waals surface area contributed by atoms with Gasteiger partial charge in [-0.25, -0.2) is 14.4 Å². The lowest BCUT2D eigenvalue weighted by atomic mass is 10.0. The summed E-state index contributed by atoms with van der Waals surface area (Å²) in [5, 5.41) is 25.2. The molecule has 182 valence electrons. The number of carbonyl (C=O) groups excluding carboxylic acids is 4. The number of phenolic OH excluding ortho intramolecular Hbond substituents is 2. The lowest BCUT2D eigenvalue weighted by molar-refractivity contribution is -0.144. The van der Waals surface area contributed by atoms with Crippen molar-refractivity contribution in [1.29, 1.82) is 0 Å². The number of benzene rings is 1. The largest absolute Gasteiger partial charge is 0.508 e. The molecule has 0 aliphatic carbocycles. The quantitative estimate of drug-likeness (QED) is 0.356. The van der Waals surface area contributed by atoms with E-state index < -0.39 is 48.2 Å². The Bertz CT molecular complexity index is 943. The number of esters is 2. The topological polar surface area (TPSA) is 160 Å². The molecule has 1 aromatic carbocycles. The van der Waals surface area contributed by atoms with Gasteiger partial charge in [0.2, 0.25) is 5.91 Å². The minimum Gasteiger partial charge on any atom is -0.508 e. The number of alkyl carbamates (subject to hydrolysis) is 1. The molecule has 11 nitrogen and oxygen atoms in total. The van der Waals surface area contributed by atoms with Gasteiger partial charge in [0, 0.05) is 28.7 Å². The number of fused-ring (bicyclic) bond motifs is 1. The van der Waals surface area contributed by atoms with Crippen molar-refractivity contribution in [2.24, 2.45) is 0 Å². The predicted molar refractivity (Wildman–Crippen MR) is 118 cm³/mol. The molecule has 1 aromatic rings. The van der Waals surface area contributed by atoms with Crippen molar-refractivity contribution < 1.29 is 43.6 Å². The summed E-state index contributed by atoms with van der Waals surface area (Å²) < 4.78 is 15.2. The van der Waals surface area contributed by atoms with Crippen LogP contribution in [0.3, 0.4) is 0 Å². The average Bonchev–Trinajstić information content (AvgIpc) is 2.70. The SMILES string of the molecule is COC(=O)[C@@H]1CSCc2c(O)cc(O)c(C)c2C(=O)OC[C@H](NC(=O)OC(C)(C)C)C(=O)N1. The van der Waals surface area contributed by atoms with Crippen molar-refractivity contribution in [2.45, 2.75) is 51.1 Å². The highest BCUT2D eigenvalue weighted by Crippen LogP contribution is 2.35. The van der Waals surface area contributed by atoms with Crippen molar-refractivity contribution in [3.05, 3.63) is 22.8 Å². The van der Waals surface area contributed by atoms with E-state index in [1.165, 1.54) is 14.0 Å². The smallest absolute Gasteiger partial charge is 0.408 e. The van der Waals surface area contributed by atoms with E-state index in [4.69, 9.17) is 14.2 Å². The average molecular weight is 485 g/mol. The molecule has 1 aliphatic heterocycles. The number of carbonyl (C=O) groups is 4. The van der Waals surface area contributed by atoms with Crippen LogP contribution in [0.25, 0.3) is 0 Å². The van der Waals surface area contributed by atoms with Crippen LogP contribution < -0.4 is 10.6 Å². The molecular weight excluding hydrogens is 456 g/mol. The normalized spacial score (nSPS) is 19.7. The van der Waals surface area contributed by atoms with Gasteiger partial charge in [0.15, 0.2) is 0 Å².